The minimum absolute atomic E-state index is 0.0555. The van der Waals surface area contributed by atoms with Crippen LogP contribution < -0.4 is 19.3 Å². The first-order valence-electron chi connectivity index (χ1n) is 16.8. The van der Waals surface area contributed by atoms with Gasteiger partial charge in [-0.1, -0.05) is 60.7 Å². The summed E-state index contributed by atoms with van der Waals surface area (Å²) in [5, 5.41) is 42.5. The van der Waals surface area contributed by atoms with Gasteiger partial charge in [0.05, 0.1) is 11.4 Å². The summed E-state index contributed by atoms with van der Waals surface area (Å²) in [5.41, 5.74) is 3.36. The zero-order valence-corrected chi connectivity index (χ0v) is 29.4. The standard InChI is InChI=1S/C40H41N3O10/c1-26-11-13-33(42(22-37(44)45)23-38(46)47)35(17-26)52-15-16-53-36-18-27(12-14-34(36)43(24-39(48)49)25-40(50)51)20-41(2)21-32-30-9-5-3-7-28(30)19-29-8-4-6-10-31(29)32/h3-14,17-19H,15-16,20-25H2,1-2H3,(H,44,45)(H,46,47)(H,48,49)(H,50,51). The van der Waals surface area contributed by atoms with E-state index in [4.69, 9.17) is 9.47 Å². The fourth-order valence-electron chi connectivity index (χ4n) is 6.36. The van der Waals surface area contributed by atoms with E-state index in [-0.39, 0.29) is 36.1 Å². The number of benzene rings is 5. The van der Waals surface area contributed by atoms with Crippen LogP contribution in [-0.2, 0) is 32.3 Å². The molecule has 0 aromatic heterocycles. The Morgan fingerprint density at radius 3 is 1.51 bits per heavy atom. The minimum Gasteiger partial charge on any atom is -0.488 e. The van der Waals surface area contributed by atoms with Gasteiger partial charge in [-0.3, -0.25) is 24.1 Å². The molecule has 13 nitrogen and oxygen atoms in total. The van der Waals surface area contributed by atoms with Crippen molar-refractivity contribution in [2.75, 3.05) is 56.2 Å². The van der Waals surface area contributed by atoms with Crippen molar-refractivity contribution in [1.82, 2.24) is 4.90 Å². The number of carboxylic acid groups (broad SMARTS) is 4. The van der Waals surface area contributed by atoms with Gasteiger partial charge in [-0.15, -0.1) is 0 Å². The predicted molar refractivity (Wildman–Crippen MR) is 200 cm³/mol. The molecular weight excluding hydrogens is 682 g/mol. The smallest absolute Gasteiger partial charge is 0.323 e. The Morgan fingerprint density at radius 1 is 0.566 bits per heavy atom. The molecule has 53 heavy (non-hydrogen) atoms. The van der Waals surface area contributed by atoms with Gasteiger partial charge < -0.3 is 39.7 Å². The van der Waals surface area contributed by atoms with E-state index in [0.717, 1.165) is 32.7 Å². The number of nitrogens with zero attached hydrogens (tertiary/aromatic N) is 3. The first-order valence-corrected chi connectivity index (χ1v) is 16.8. The number of hydrogen-bond donors (Lipinski definition) is 4. The second-order valence-electron chi connectivity index (χ2n) is 12.7. The van der Waals surface area contributed by atoms with Crippen molar-refractivity contribution in [3.63, 3.8) is 0 Å². The summed E-state index contributed by atoms with van der Waals surface area (Å²) in [7, 11) is 2.00. The quantitative estimate of drug-likeness (QED) is 0.0635. The van der Waals surface area contributed by atoms with Crippen LogP contribution in [0.5, 0.6) is 11.5 Å². The summed E-state index contributed by atoms with van der Waals surface area (Å²) in [5.74, 6) is -4.35. The zero-order chi connectivity index (χ0) is 38.1. The number of hydrogen-bond acceptors (Lipinski definition) is 9. The molecule has 0 spiro atoms. The summed E-state index contributed by atoms with van der Waals surface area (Å²) in [4.78, 5) is 51.0. The number of ether oxygens (including phenoxy) is 2. The Balaban J connectivity index is 1.39. The summed E-state index contributed by atoms with van der Waals surface area (Å²) in [6, 6.07) is 28.9. The lowest BCUT2D eigenvalue weighted by Gasteiger charge is -2.26. The van der Waals surface area contributed by atoms with Crippen molar-refractivity contribution in [1.29, 1.82) is 0 Å². The van der Waals surface area contributed by atoms with E-state index in [0.29, 0.717) is 13.1 Å². The average molecular weight is 724 g/mol. The monoisotopic (exact) mass is 723 g/mol. The van der Waals surface area contributed by atoms with Crippen molar-refractivity contribution >= 4 is 56.8 Å². The fourth-order valence-corrected chi connectivity index (χ4v) is 6.36. The highest BCUT2D eigenvalue weighted by Gasteiger charge is 2.21. The molecule has 0 radical (unpaired) electrons. The van der Waals surface area contributed by atoms with Crippen molar-refractivity contribution in [2.45, 2.75) is 20.0 Å². The van der Waals surface area contributed by atoms with Crippen LogP contribution in [0, 0.1) is 6.92 Å². The molecule has 276 valence electrons. The van der Waals surface area contributed by atoms with Gasteiger partial charge in [0.25, 0.3) is 0 Å². The van der Waals surface area contributed by atoms with Gasteiger partial charge in [0.1, 0.15) is 50.9 Å². The summed E-state index contributed by atoms with van der Waals surface area (Å²) in [6.07, 6.45) is 0. The van der Waals surface area contributed by atoms with E-state index < -0.39 is 50.1 Å². The van der Waals surface area contributed by atoms with Gasteiger partial charge in [-0.2, -0.15) is 0 Å². The topological polar surface area (TPSA) is 177 Å². The SMILES string of the molecule is Cc1ccc(N(CC(=O)O)CC(=O)O)c(OCCOc2cc(CN(C)Cc3c4ccccc4cc4ccccc34)ccc2N(CC(=O)O)CC(=O)O)c1. The molecule has 0 aliphatic rings. The van der Waals surface area contributed by atoms with Crippen molar-refractivity contribution in [2.24, 2.45) is 0 Å². The Bertz CT molecular complexity index is 2050. The van der Waals surface area contributed by atoms with Crippen molar-refractivity contribution in [3.8, 4) is 11.5 Å². The van der Waals surface area contributed by atoms with Gasteiger partial charge in [-0.25, -0.2) is 0 Å². The first-order chi connectivity index (χ1) is 25.4. The van der Waals surface area contributed by atoms with Gasteiger partial charge in [0, 0.05) is 13.1 Å². The van der Waals surface area contributed by atoms with E-state index in [9.17, 15) is 39.6 Å². The van der Waals surface area contributed by atoms with Crippen LogP contribution in [0.15, 0.2) is 91.0 Å². The Kier molecular flexibility index (Phi) is 12.3. The number of anilines is 2. The third kappa shape index (κ3) is 10.1. The minimum atomic E-state index is -1.22. The van der Waals surface area contributed by atoms with Crippen LogP contribution in [0.4, 0.5) is 11.4 Å². The molecule has 5 rings (SSSR count). The van der Waals surface area contributed by atoms with Crippen molar-refractivity contribution < 1.29 is 49.1 Å². The third-order valence-corrected chi connectivity index (χ3v) is 8.49. The molecule has 0 heterocycles. The number of aliphatic carboxylic acids is 4. The average Bonchev–Trinajstić information content (AvgIpc) is 3.09. The highest BCUT2D eigenvalue weighted by molar-refractivity contribution is 6.02. The molecule has 5 aromatic rings. The number of rotatable bonds is 19. The van der Waals surface area contributed by atoms with Crippen LogP contribution in [0.2, 0.25) is 0 Å². The van der Waals surface area contributed by atoms with Crippen molar-refractivity contribution in [3.05, 3.63) is 108 Å². The maximum absolute atomic E-state index is 11.7. The number of carbonyl (C=O) groups is 4. The first kappa shape index (κ1) is 37.9. The molecule has 0 fully saturated rings. The molecule has 0 aliphatic heterocycles. The molecule has 0 unspecified atom stereocenters. The number of aryl methyl sites for hydroxylation is 1. The van der Waals surface area contributed by atoms with Crippen LogP contribution in [0.1, 0.15) is 16.7 Å². The molecular formula is C40H41N3O10. The molecule has 0 amide bonds. The maximum atomic E-state index is 11.7. The summed E-state index contributed by atoms with van der Waals surface area (Å²) in [6.45, 7) is 0.509. The molecule has 4 N–H and O–H groups in total. The van der Waals surface area contributed by atoms with Crippen LogP contribution >= 0.6 is 0 Å². The van der Waals surface area contributed by atoms with E-state index in [1.807, 2.05) is 44.3 Å². The zero-order valence-electron chi connectivity index (χ0n) is 29.4. The highest BCUT2D eigenvalue weighted by Crippen LogP contribution is 2.33. The van der Waals surface area contributed by atoms with Crippen LogP contribution in [0.3, 0.4) is 0 Å². The lowest BCUT2D eigenvalue weighted by atomic mass is 9.96. The van der Waals surface area contributed by atoms with E-state index >= 15 is 0 Å². The van der Waals surface area contributed by atoms with Crippen LogP contribution in [-0.4, -0.2) is 95.6 Å². The molecule has 0 aliphatic carbocycles. The number of carboxylic acids is 4. The molecule has 13 heteroatoms. The Hall–Kier alpha value is -6.34. The predicted octanol–water partition coefficient (Wildman–Crippen LogP) is 5.34. The van der Waals surface area contributed by atoms with Crippen LogP contribution in [0.25, 0.3) is 21.5 Å². The maximum Gasteiger partial charge on any atom is 0.323 e. The van der Waals surface area contributed by atoms with Gasteiger partial charge in [0.2, 0.25) is 0 Å². The largest absolute Gasteiger partial charge is 0.488 e. The number of fused-ring (bicyclic) bond motifs is 2. The third-order valence-electron chi connectivity index (χ3n) is 8.49. The van der Waals surface area contributed by atoms with Gasteiger partial charge in [-0.05, 0) is 82.5 Å². The lowest BCUT2D eigenvalue weighted by Crippen LogP contribution is -2.35. The van der Waals surface area contributed by atoms with E-state index in [1.165, 1.54) is 15.4 Å². The highest BCUT2D eigenvalue weighted by atomic mass is 16.5. The molecule has 0 saturated heterocycles. The molecule has 0 atom stereocenters. The summed E-state index contributed by atoms with van der Waals surface area (Å²) < 4.78 is 12.1. The lowest BCUT2D eigenvalue weighted by molar-refractivity contribution is -0.138. The van der Waals surface area contributed by atoms with E-state index in [1.54, 1.807) is 30.3 Å². The molecule has 0 saturated carbocycles. The Morgan fingerprint density at radius 2 is 1.02 bits per heavy atom. The molecule has 5 aromatic carbocycles. The van der Waals surface area contributed by atoms with Gasteiger partial charge in [0.15, 0.2) is 0 Å². The molecule has 0 bridgehead atoms. The van der Waals surface area contributed by atoms with E-state index in [2.05, 4.69) is 35.2 Å². The summed E-state index contributed by atoms with van der Waals surface area (Å²) >= 11 is 0. The fraction of sp³-hybridized carbons (Fsp3) is 0.250. The Labute approximate surface area is 305 Å². The normalized spacial score (nSPS) is 11.1. The second kappa shape index (κ2) is 17.2. The van der Waals surface area contributed by atoms with Gasteiger partial charge >= 0.3 is 23.9 Å². The second-order valence-corrected chi connectivity index (χ2v) is 12.7.